The van der Waals surface area contributed by atoms with Crippen LogP contribution in [-0.4, -0.2) is 99.1 Å². The predicted molar refractivity (Wildman–Crippen MR) is 168 cm³/mol. The first-order valence-electron chi connectivity index (χ1n) is 13.9. The molecule has 1 aromatic carbocycles. The van der Waals surface area contributed by atoms with E-state index in [4.69, 9.17) is 45.1 Å². The molecule has 2 aromatic heterocycles. The Morgan fingerprint density at radius 2 is 1.89 bits per heavy atom. The van der Waals surface area contributed by atoms with E-state index in [1.54, 1.807) is 19.9 Å². The molecule has 0 radical (unpaired) electrons. The zero-order valence-electron chi connectivity index (χ0n) is 25.1. The number of carbonyl (C=O) groups excluding carboxylic acids is 3. The molecule has 1 fully saturated rings. The van der Waals surface area contributed by atoms with Gasteiger partial charge in [0.25, 0.3) is 17.4 Å². The van der Waals surface area contributed by atoms with E-state index < -0.39 is 36.8 Å². The number of esters is 1. The number of piperazine rings is 1. The van der Waals surface area contributed by atoms with Gasteiger partial charge in [0.15, 0.2) is 11.5 Å². The van der Waals surface area contributed by atoms with Crippen LogP contribution < -0.4 is 20.9 Å². The Labute approximate surface area is 272 Å². The molecular formula is C28H28ClN11O7. The highest BCUT2D eigenvalue weighted by Crippen LogP contribution is 2.42. The zero-order chi connectivity index (χ0) is 34.2. The summed E-state index contributed by atoms with van der Waals surface area (Å²) < 4.78 is 11.1. The van der Waals surface area contributed by atoms with Crippen molar-refractivity contribution in [2.75, 3.05) is 54.6 Å². The number of halogens is 1. The lowest BCUT2D eigenvalue weighted by Gasteiger charge is -2.39. The third kappa shape index (κ3) is 7.64. The number of primary amides is 1. The van der Waals surface area contributed by atoms with E-state index in [1.165, 1.54) is 12.3 Å². The minimum Gasteiger partial charge on any atom is -0.478 e. The number of hydrogen-bond acceptors (Lipinski definition) is 12. The standard InChI is InChI=1S/C28H28ClN11O7/c1-5-33-25-26-34-14-20(32-4)40(26)36-27(35-25)39(28(45)47-15-46-22(43)7-6-21(41)42)19-13-17(31-3)12-18(23(19)29)38-10-8-37(9-11-38)16(2)24(30)44/h6-7,12-14,16H,5,8-11,15H2,1-2H3,(H2,30,44)(H,41,42)(H,33,35,36)/b7-6+/t16-/m0/s1. The molecule has 4 N–H and O–H groups in total. The summed E-state index contributed by atoms with van der Waals surface area (Å²) in [5, 5.41) is 16.1. The lowest BCUT2D eigenvalue weighted by molar-refractivity contribution is -0.146. The Balaban J connectivity index is 1.80. The predicted octanol–water partition coefficient (Wildman–Crippen LogP) is 2.72. The van der Waals surface area contributed by atoms with Gasteiger partial charge in [0, 0.05) is 50.6 Å². The number of aromatic nitrogens is 4. The number of anilines is 4. The average molecular weight is 666 g/mol. The number of nitrogens with zero attached hydrogens (tertiary/aromatic N) is 9. The fourth-order valence-electron chi connectivity index (χ4n) is 4.56. The van der Waals surface area contributed by atoms with Crippen molar-refractivity contribution in [2.24, 2.45) is 5.73 Å². The van der Waals surface area contributed by atoms with Crippen molar-refractivity contribution in [2.45, 2.75) is 19.9 Å². The number of rotatable bonds is 11. The number of carboxylic acid groups (broad SMARTS) is 1. The smallest absolute Gasteiger partial charge is 0.424 e. The minimum absolute atomic E-state index is 0.0000214. The van der Waals surface area contributed by atoms with Crippen molar-refractivity contribution in [3.8, 4) is 0 Å². The third-order valence-electron chi connectivity index (χ3n) is 6.92. The molecule has 3 aromatic rings. The van der Waals surface area contributed by atoms with Crippen LogP contribution in [0, 0.1) is 13.1 Å². The number of nitrogens with two attached hydrogens (primary N) is 1. The van der Waals surface area contributed by atoms with E-state index in [1.807, 2.05) is 9.80 Å². The second kappa shape index (κ2) is 14.9. The molecule has 0 bridgehead atoms. The van der Waals surface area contributed by atoms with E-state index in [-0.39, 0.29) is 39.6 Å². The number of carbonyl (C=O) groups is 4. The average Bonchev–Trinajstić information content (AvgIpc) is 3.48. The van der Waals surface area contributed by atoms with Gasteiger partial charge in [-0.1, -0.05) is 23.3 Å². The normalized spacial score (nSPS) is 13.9. The van der Waals surface area contributed by atoms with Gasteiger partial charge in [-0.15, -0.1) is 4.52 Å². The first-order chi connectivity index (χ1) is 22.5. The van der Waals surface area contributed by atoms with Gasteiger partial charge >= 0.3 is 18.0 Å². The Morgan fingerprint density at radius 1 is 1.17 bits per heavy atom. The van der Waals surface area contributed by atoms with Gasteiger partial charge in [0.05, 0.1) is 29.5 Å². The molecule has 0 unspecified atom stereocenters. The van der Waals surface area contributed by atoms with Crippen molar-refractivity contribution in [3.05, 3.63) is 58.3 Å². The van der Waals surface area contributed by atoms with Crippen LogP contribution in [0.4, 0.5) is 39.4 Å². The molecule has 0 aliphatic carbocycles. The molecule has 4 rings (SSSR count). The highest BCUT2D eigenvalue weighted by Gasteiger charge is 2.32. The third-order valence-corrected chi connectivity index (χ3v) is 7.31. The maximum atomic E-state index is 13.7. The minimum atomic E-state index is -1.39. The quantitative estimate of drug-likeness (QED) is 0.117. The molecule has 1 aliphatic rings. The van der Waals surface area contributed by atoms with Crippen molar-refractivity contribution in [1.29, 1.82) is 0 Å². The van der Waals surface area contributed by atoms with Crippen LogP contribution in [0.5, 0.6) is 0 Å². The highest BCUT2D eigenvalue weighted by molar-refractivity contribution is 6.37. The van der Waals surface area contributed by atoms with E-state index >= 15 is 0 Å². The summed E-state index contributed by atoms with van der Waals surface area (Å²) in [6.45, 7) is 19.9. The number of aliphatic carboxylic acids is 1. The molecule has 47 heavy (non-hydrogen) atoms. The largest absolute Gasteiger partial charge is 0.478 e. The summed E-state index contributed by atoms with van der Waals surface area (Å²) >= 11 is 6.95. The molecule has 2 amide bonds. The van der Waals surface area contributed by atoms with Crippen LogP contribution in [0.25, 0.3) is 15.3 Å². The number of hydrogen-bond donors (Lipinski definition) is 3. The number of imidazole rings is 1. The fraction of sp³-hybridized carbons (Fsp3) is 0.321. The number of benzene rings is 1. The Kier molecular flexibility index (Phi) is 10.7. The van der Waals surface area contributed by atoms with Crippen LogP contribution in [0.15, 0.2) is 30.5 Å². The van der Waals surface area contributed by atoms with Gasteiger partial charge in [-0.3, -0.25) is 9.69 Å². The van der Waals surface area contributed by atoms with Gasteiger partial charge in [0.2, 0.25) is 12.7 Å². The second-order valence-corrected chi connectivity index (χ2v) is 10.1. The topological polar surface area (TPSA) is 207 Å². The molecule has 0 spiro atoms. The van der Waals surface area contributed by atoms with Crippen LogP contribution >= 0.6 is 11.6 Å². The van der Waals surface area contributed by atoms with Crippen molar-refractivity contribution < 1.29 is 33.8 Å². The molecule has 19 heteroatoms. The lowest BCUT2D eigenvalue weighted by Crippen LogP contribution is -2.53. The fourth-order valence-corrected chi connectivity index (χ4v) is 4.87. The number of amides is 2. The van der Waals surface area contributed by atoms with Gasteiger partial charge in [-0.25, -0.2) is 29.1 Å². The first-order valence-corrected chi connectivity index (χ1v) is 14.3. The number of carboxylic acids is 1. The van der Waals surface area contributed by atoms with E-state index in [9.17, 15) is 19.2 Å². The molecule has 1 saturated heterocycles. The number of fused-ring (bicyclic) bond motifs is 1. The highest BCUT2D eigenvalue weighted by atomic mass is 35.5. The second-order valence-electron chi connectivity index (χ2n) is 9.76. The van der Waals surface area contributed by atoms with E-state index in [2.05, 4.69) is 30.1 Å². The molecule has 244 valence electrons. The number of ether oxygens (including phenoxy) is 2. The summed E-state index contributed by atoms with van der Waals surface area (Å²) in [5.74, 6) is -3.12. The van der Waals surface area contributed by atoms with Gasteiger partial charge in [-0.2, -0.15) is 4.98 Å². The van der Waals surface area contributed by atoms with Crippen molar-refractivity contribution >= 4 is 75.8 Å². The van der Waals surface area contributed by atoms with Gasteiger partial charge in [0.1, 0.15) is 0 Å². The summed E-state index contributed by atoms with van der Waals surface area (Å²) in [6, 6.07) is 2.38. The van der Waals surface area contributed by atoms with Gasteiger partial charge < -0.3 is 35.4 Å². The number of nitrogens with one attached hydrogen (secondary N) is 1. The zero-order valence-corrected chi connectivity index (χ0v) is 25.8. The van der Waals surface area contributed by atoms with Gasteiger partial charge in [-0.05, 0) is 26.0 Å². The molecule has 1 aliphatic heterocycles. The molecule has 0 saturated carbocycles. The van der Waals surface area contributed by atoms with Crippen molar-refractivity contribution in [3.63, 3.8) is 0 Å². The summed E-state index contributed by atoms with van der Waals surface area (Å²) in [7, 11) is 0. The molecule has 1 atom stereocenters. The Bertz CT molecular complexity index is 1820. The monoisotopic (exact) mass is 665 g/mol. The Hall–Kier alpha value is -5.98. The molecular weight excluding hydrogens is 638 g/mol. The maximum absolute atomic E-state index is 13.7. The van der Waals surface area contributed by atoms with Crippen LogP contribution in [0.1, 0.15) is 13.8 Å². The van der Waals surface area contributed by atoms with Crippen LogP contribution in [0.3, 0.4) is 0 Å². The lowest BCUT2D eigenvalue weighted by atomic mass is 10.1. The first kappa shape index (κ1) is 33.9. The SMILES string of the molecule is [C-]#[N+]c1cc(N2CCN([C@@H](C)C(N)=O)CC2)c(Cl)c(N(C(=O)OCOC(=O)/C=C/C(=O)O)c2nc(NCC)c3ncc([N+]#[C-])n3n2)c1. The van der Waals surface area contributed by atoms with Crippen LogP contribution in [0.2, 0.25) is 5.02 Å². The van der Waals surface area contributed by atoms with E-state index in [0.29, 0.717) is 50.6 Å². The van der Waals surface area contributed by atoms with Crippen LogP contribution in [-0.2, 0) is 23.9 Å². The maximum Gasteiger partial charge on any atom is 0.424 e. The summed E-state index contributed by atoms with van der Waals surface area (Å²) in [6.07, 6.45) is 1.26. The van der Waals surface area contributed by atoms with E-state index in [0.717, 1.165) is 9.42 Å². The summed E-state index contributed by atoms with van der Waals surface area (Å²) in [4.78, 5) is 68.2. The van der Waals surface area contributed by atoms with Crippen molar-refractivity contribution in [1.82, 2.24) is 24.5 Å². The molecule has 18 nitrogen and oxygen atoms in total. The molecule has 3 heterocycles. The summed E-state index contributed by atoms with van der Waals surface area (Å²) in [5.41, 5.74) is 6.08. The Morgan fingerprint density at radius 3 is 2.51 bits per heavy atom.